The topological polar surface area (TPSA) is 73.2 Å². The Morgan fingerprint density at radius 1 is 1.15 bits per heavy atom. The molecule has 140 valence electrons. The van der Waals surface area contributed by atoms with E-state index < -0.39 is 0 Å². The quantitative estimate of drug-likeness (QED) is 0.828. The number of nitriles is 1. The molecule has 0 fully saturated rings. The van der Waals surface area contributed by atoms with Gasteiger partial charge in [-0.1, -0.05) is 32.0 Å². The smallest absolute Gasteiger partial charge is 0.226 e. The van der Waals surface area contributed by atoms with Gasteiger partial charge in [0.15, 0.2) is 0 Å². The van der Waals surface area contributed by atoms with Gasteiger partial charge in [-0.15, -0.1) is 0 Å². The standard InChI is InChI=1S/C22H25N3O2/c1-15(2)20-7-5-6-16(3)22(20)24-21(27)12-13-25(17(4)26)19-10-8-18(14-23)9-11-19/h5-11,15H,12-13H2,1-4H3,(H,24,27). The van der Waals surface area contributed by atoms with E-state index in [0.29, 0.717) is 17.2 Å². The Hall–Kier alpha value is -3.13. The third-order valence-corrected chi connectivity index (χ3v) is 4.44. The Kier molecular flexibility index (Phi) is 6.73. The fourth-order valence-corrected chi connectivity index (χ4v) is 2.94. The normalized spacial score (nSPS) is 10.4. The van der Waals surface area contributed by atoms with Crippen molar-refractivity contribution in [1.29, 1.82) is 5.26 Å². The van der Waals surface area contributed by atoms with Crippen molar-refractivity contribution in [2.75, 3.05) is 16.8 Å². The minimum atomic E-state index is -0.147. The number of carbonyl (C=O) groups is 2. The van der Waals surface area contributed by atoms with Crippen LogP contribution in [0.5, 0.6) is 0 Å². The van der Waals surface area contributed by atoms with Crippen molar-refractivity contribution in [2.45, 2.75) is 40.0 Å². The van der Waals surface area contributed by atoms with Crippen LogP contribution in [0.15, 0.2) is 42.5 Å². The van der Waals surface area contributed by atoms with Crippen LogP contribution in [0.1, 0.15) is 49.8 Å². The molecule has 0 aliphatic rings. The van der Waals surface area contributed by atoms with Crippen molar-refractivity contribution >= 4 is 23.2 Å². The summed E-state index contributed by atoms with van der Waals surface area (Å²) < 4.78 is 0. The number of para-hydroxylation sites is 1. The second-order valence-corrected chi connectivity index (χ2v) is 6.82. The number of amides is 2. The molecule has 0 heterocycles. The summed E-state index contributed by atoms with van der Waals surface area (Å²) in [6.45, 7) is 7.89. The van der Waals surface area contributed by atoms with Crippen LogP contribution in [0.2, 0.25) is 0 Å². The molecular formula is C22H25N3O2. The second kappa shape index (κ2) is 9.00. The first kappa shape index (κ1) is 20.2. The first-order valence-electron chi connectivity index (χ1n) is 9.01. The summed E-state index contributed by atoms with van der Waals surface area (Å²) >= 11 is 0. The van der Waals surface area contributed by atoms with E-state index in [9.17, 15) is 9.59 Å². The highest BCUT2D eigenvalue weighted by Crippen LogP contribution is 2.27. The van der Waals surface area contributed by atoms with E-state index in [0.717, 1.165) is 16.8 Å². The Morgan fingerprint density at radius 3 is 2.37 bits per heavy atom. The van der Waals surface area contributed by atoms with Crippen molar-refractivity contribution in [3.05, 3.63) is 59.2 Å². The van der Waals surface area contributed by atoms with Crippen LogP contribution in [-0.2, 0) is 9.59 Å². The molecule has 5 heteroatoms. The second-order valence-electron chi connectivity index (χ2n) is 6.82. The summed E-state index contributed by atoms with van der Waals surface area (Å²) in [5.74, 6) is 0.0185. The molecule has 0 bridgehead atoms. The van der Waals surface area contributed by atoms with Gasteiger partial charge < -0.3 is 10.2 Å². The van der Waals surface area contributed by atoms with E-state index in [2.05, 4.69) is 25.2 Å². The summed E-state index contributed by atoms with van der Waals surface area (Å²) in [6.07, 6.45) is 0.186. The summed E-state index contributed by atoms with van der Waals surface area (Å²) in [5.41, 5.74) is 4.17. The third-order valence-electron chi connectivity index (χ3n) is 4.44. The van der Waals surface area contributed by atoms with Gasteiger partial charge in [-0.3, -0.25) is 9.59 Å². The van der Waals surface area contributed by atoms with Gasteiger partial charge in [0.25, 0.3) is 0 Å². The first-order chi connectivity index (χ1) is 12.8. The summed E-state index contributed by atoms with van der Waals surface area (Å²) in [6, 6.07) is 14.8. The molecule has 0 aromatic heterocycles. The van der Waals surface area contributed by atoms with Crippen LogP contribution in [0.4, 0.5) is 11.4 Å². The fraction of sp³-hybridized carbons (Fsp3) is 0.318. The Labute approximate surface area is 160 Å². The highest BCUT2D eigenvalue weighted by atomic mass is 16.2. The molecule has 0 aliphatic heterocycles. The zero-order valence-electron chi connectivity index (χ0n) is 16.2. The minimum Gasteiger partial charge on any atom is -0.326 e. The lowest BCUT2D eigenvalue weighted by atomic mass is 9.98. The fourth-order valence-electron chi connectivity index (χ4n) is 2.94. The van der Waals surface area contributed by atoms with Crippen LogP contribution in [-0.4, -0.2) is 18.4 Å². The molecule has 0 atom stereocenters. The third kappa shape index (κ3) is 5.18. The number of aryl methyl sites for hydroxylation is 1. The van der Waals surface area contributed by atoms with E-state index in [-0.39, 0.29) is 24.8 Å². The molecule has 0 aliphatic carbocycles. The zero-order valence-corrected chi connectivity index (χ0v) is 16.2. The van der Waals surface area contributed by atoms with Gasteiger partial charge >= 0.3 is 0 Å². The largest absolute Gasteiger partial charge is 0.326 e. The number of carbonyl (C=O) groups excluding carboxylic acids is 2. The lowest BCUT2D eigenvalue weighted by molar-refractivity contribution is -0.117. The molecule has 2 aromatic carbocycles. The molecule has 5 nitrogen and oxygen atoms in total. The number of nitrogens with zero attached hydrogens (tertiary/aromatic N) is 2. The maximum absolute atomic E-state index is 12.5. The molecule has 2 rings (SSSR count). The predicted molar refractivity (Wildman–Crippen MR) is 108 cm³/mol. The predicted octanol–water partition coefficient (Wildman–Crippen LogP) is 4.37. The Morgan fingerprint density at radius 2 is 1.81 bits per heavy atom. The van der Waals surface area contributed by atoms with Crippen molar-refractivity contribution < 1.29 is 9.59 Å². The van der Waals surface area contributed by atoms with Crippen LogP contribution >= 0.6 is 0 Å². The van der Waals surface area contributed by atoms with Gasteiger partial charge in [0.2, 0.25) is 11.8 Å². The average molecular weight is 363 g/mol. The van der Waals surface area contributed by atoms with Gasteiger partial charge in [-0.25, -0.2) is 0 Å². The molecule has 2 aromatic rings. The Balaban J connectivity index is 2.09. The number of benzene rings is 2. The zero-order chi connectivity index (χ0) is 20.0. The van der Waals surface area contributed by atoms with Crippen molar-refractivity contribution in [3.63, 3.8) is 0 Å². The van der Waals surface area contributed by atoms with E-state index in [1.807, 2.05) is 25.1 Å². The highest BCUT2D eigenvalue weighted by molar-refractivity contribution is 5.95. The average Bonchev–Trinajstić information content (AvgIpc) is 2.63. The van der Waals surface area contributed by atoms with Crippen molar-refractivity contribution in [2.24, 2.45) is 0 Å². The van der Waals surface area contributed by atoms with Gasteiger partial charge in [-0.05, 0) is 48.2 Å². The molecule has 2 amide bonds. The van der Waals surface area contributed by atoms with Gasteiger partial charge in [0, 0.05) is 31.3 Å². The number of nitrogens with one attached hydrogen (secondary N) is 1. The van der Waals surface area contributed by atoms with Crippen LogP contribution in [0.25, 0.3) is 0 Å². The van der Waals surface area contributed by atoms with E-state index in [1.54, 1.807) is 29.2 Å². The summed E-state index contributed by atoms with van der Waals surface area (Å²) in [7, 11) is 0. The van der Waals surface area contributed by atoms with Crippen LogP contribution in [0, 0.1) is 18.3 Å². The number of hydrogen-bond acceptors (Lipinski definition) is 3. The molecule has 0 spiro atoms. The monoisotopic (exact) mass is 363 g/mol. The maximum Gasteiger partial charge on any atom is 0.226 e. The van der Waals surface area contributed by atoms with Gasteiger partial charge in [-0.2, -0.15) is 5.26 Å². The van der Waals surface area contributed by atoms with Crippen LogP contribution < -0.4 is 10.2 Å². The SMILES string of the molecule is CC(=O)N(CCC(=O)Nc1c(C)cccc1C(C)C)c1ccc(C#N)cc1. The van der Waals surface area contributed by atoms with Gasteiger partial charge in [0.05, 0.1) is 11.6 Å². The first-order valence-corrected chi connectivity index (χ1v) is 9.01. The van der Waals surface area contributed by atoms with Crippen LogP contribution in [0.3, 0.4) is 0 Å². The van der Waals surface area contributed by atoms with E-state index >= 15 is 0 Å². The number of rotatable bonds is 6. The summed E-state index contributed by atoms with van der Waals surface area (Å²) in [5, 5.41) is 11.9. The minimum absolute atomic E-state index is 0.133. The lowest BCUT2D eigenvalue weighted by Crippen LogP contribution is -2.32. The maximum atomic E-state index is 12.5. The number of anilines is 2. The van der Waals surface area contributed by atoms with Crippen molar-refractivity contribution in [1.82, 2.24) is 0 Å². The Bertz CT molecular complexity index is 864. The molecule has 27 heavy (non-hydrogen) atoms. The molecule has 0 radical (unpaired) electrons. The molecular weight excluding hydrogens is 338 g/mol. The highest BCUT2D eigenvalue weighted by Gasteiger charge is 2.16. The number of hydrogen-bond donors (Lipinski definition) is 1. The van der Waals surface area contributed by atoms with Gasteiger partial charge in [0.1, 0.15) is 0 Å². The van der Waals surface area contributed by atoms with E-state index in [4.69, 9.17) is 5.26 Å². The molecule has 0 saturated heterocycles. The lowest BCUT2D eigenvalue weighted by Gasteiger charge is -2.22. The molecule has 1 N–H and O–H groups in total. The van der Waals surface area contributed by atoms with E-state index in [1.165, 1.54) is 6.92 Å². The molecule has 0 unspecified atom stereocenters. The van der Waals surface area contributed by atoms with Crippen molar-refractivity contribution in [3.8, 4) is 6.07 Å². The molecule has 0 saturated carbocycles. The summed E-state index contributed by atoms with van der Waals surface area (Å²) in [4.78, 5) is 26.0.